The highest BCUT2D eigenvalue weighted by Gasteiger charge is 2.24. The molecule has 0 saturated carbocycles. The Hall–Kier alpha value is -1.07. The lowest BCUT2D eigenvalue weighted by molar-refractivity contribution is 0.0667. The van der Waals surface area contributed by atoms with E-state index in [1.54, 1.807) is 17.9 Å². The number of carbonyl (C=O) groups excluding carboxylic acids is 1. The lowest BCUT2D eigenvalue weighted by atomic mass is 10.2. The first-order chi connectivity index (χ1) is 7.16. The van der Waals surface area contributed by atoms with E-state index in [1.807, 2.05) is 0 Å². The highest BCUT2D eigenvalue weighted by Crippen LogP contribution is 2.08. The smallest absolute Gasteiger partial charge is 0.292 e. The summed E-state index contributed by atoms with van der Waals surface area (Å²) in [7, 11) is 0. The van der Waals surface area contributed by atoms with Crippen LogP contribution in [-0.4, -0.2) is 41.6 Å². The number of amides is 1. The summed E-state index contributed by atoms with van der Waals surface area (Å²) in [5.41, 5.74) is 0.738. The van der Waals surface area contributed by atoms with Crippen molar-refractivity contribution >= 4 is 18.3 Å². The van der Waals surface area contributed by atoms with Gasteiger partial charge >= 0.3 is 0 Å². The number of hydrogen-bond donors (Lipinski definition) is 1. The van der Waals surface area contributed by atoms with Gasteiger partial charge in [0.15, 0.2) is 0 Å². The zero-order chi connectivity index (χ0) is 10.8. The normalized spacial score (nSPS) is 20.4. The molecule has 5 nitrogen and oxygen atoms in total. The summed E-state index contributed by atoms with van der Waals surface area (Å²) in [6.07, 6.45) is 0. The Balaban J connectivity index is 0.00000128. The molecule has 2 rings (SSSR count). The highest BCUT2D eigenvalue weighted by molar-refractivity contribution is 5.91. The van der Waals surface area contributed by atoms with Gasteiger partial charge in [0.25, 0.3) is 5.91 Å². The molecule has 0 aliphatic carbocycles. The summed E-state index contributed by atoms with van der Waals surface area (Å²) < 4.78 is 4.95. The Morgan fingerprint density at radius 3 is 3.00 bits per heavy atom. The van der Waals surface area contributed by atoms with Gasteiger partial charge in [0.05, 0.1) is 5.69 Å². The minimum Gasteiger partial charge on any atom is -0.351 e. The summed E-state index contributed by atoms with van der Waals surface area (Å²) in [5, 5.41) is 7.00. The van der Waals surface area contributed by atoms with Gasteiger partial charge in [-0.05, 0) is 13.8 Å². The van der Waals surface area contributed by atoms with Crippen molar-refractivity contribution in [2.75, 3.05) is 19.6 Å². The van der Waals surface area contributed by atoms with Crippen LogP contribution in [0.4, 0.5) is 0 Å². The van der Waals surface area contributed by atoms with E-state index in [0.717, 1.165) is 25.3 Å². The number of nitrogens with one attached hydrogen (secondary N) is 1. The Labute approximate surface area is 101 Å². The molecule has 1 amide bonds. The number of halogens is 1. The number of rotatable bonds is 1. The van der Waals surface area contributed by atoms with E-state index < -0.39 is 0 Å². The number of hydrogen-bond acceptors (Lipinski definition) is 4. The molecular weight excluding hydrogens is 230 g/mol. The molecule has 0 spiro atoms. The molecule has 1 N–H and O–H groups in total. The minimum atomic E-state index is -0.0658. The Morgan fingerprint density at radius 2 is 2.44 bits per heavy atom. The highest BCUT2D eigenvalue weighted by atomic mass is 35.5. The summed E-state index contributed by atoms with van der Waals surface area (Å²) in [6, 6.07) is 2.02. The van der Waals surface area contributed by atoms with Crippen LogP contribution in [0.3, 0.4) is 0 Å². The van der Waals surface area contributed by atoms with Crippen molar-refractivity contribution in [3.8, 4) is 0 Å². The second-order valence-corrected chi connectivity index (χ2v) is 3.94. The van der Waals surface area contributed by atoms with Crippen LogP contribution in [0.1, 0.15) is 23.2 Å². The molecule has 0 unspecified atom stereocenters. The van der Waals surface area contributed by atoms with E-state index in [-0.39, 0.29) is 18.3 Å². The van der Waals surface area contributed by atoms with Crippen LogP contribution in [0.2, 0.25) is 0 Å². The number of nitrogens with zero attached hydrogens (tertiary/aromatic N) is 2. The van der Waals surface area contributed by atoms with Gasteiger partial charge in [-0.1, -0.05) is 5.16 Å². The molecule has 1 fully saturated rings. The summed E-state index contributed by atoms with van der Waals surface area (Å²) in [5.74, 6) is 0.269. The first-order valence-corrected chi connectivity index (χ1v) is 5.13. The molecule has 1 saturated heterocycles. The first-order valence-electron chi connectivity index (χ1n) is 5.13. The van der Waals surface area contributed by atoms with Crippen LogP contribution < -0.4 is 5.32 Å². The predicted octanol–water partition coefficient (Wildman–Crippen LogP) is 0.839. The van der Waals surface area contributed by atoms with E-state index in [2.05, 4.69) is 17.4 Å². The van der Waals surface area contributed by atoms with E-state index in [0.29, 0.717) is 11.8 Å². The van der Waals surface area contributed by atoms with Crippen LogP contribution in [0.5, 0.6) is 0 Å². The van der Waals surface area contributed by atoms with Crippen molar-refractivity contribution in [2.45, 2.75) is 19.9 Å². The van der Waals surface area contributed by atoms with Crippen molar-refractivity contribution in [3.05, 3.63) is 17.5 Å². The van der Waals surface area contributed by atoms with Gasteiger partial charge < -0.3 is 14.7 Å². The van der Waals surface area contributed by atoms with E-state index in [9.17, 15) is 4.79 Å². The maximum atomic E-state index is 11.9. The van der Waals surface area contributed by atoms with E-state index in [4.69, 9.17) is 4.52 Å². The Bertz CT molecular complexity index is 367. The standard InChI is InChI=1S/C10H15N3O2.ClH/c1-7-5-9(15-12-7)10(14)13-4-3-11-8(2)6-13;/h5,8,11H,3-4,6H2,1-2H3;1H/t8-;/m0./s1. The Morgan fingerprint density at radius 1 is 1.69 bits per heavy atom. The zero-order valence-corrected chi connectivity index (χ0v) is 10.2. The van der Waals surface area contributed by atoms with E-state index >= 15 is 0 Å². The third-order valence-electron chi connectivity index (χ3n) is 2.49. The monoisotopic (exact) mass is 245 g/mol. The second kappa shape index (κ2) is 5.32. The molecule has 1 aliphatic rings. The molecule has 0 bridgehead atoms. The maximum Gasteiger partial charge on any atom is 0.292 e. The van der Waals surface area contributed by atoms with Crippen molar-refractivity contribution in [1.29, 1.82) is 0 Å². The van der Waals surface area contributed by atoms with Crippen LogP contribution in [-0.2, 0) is 0 Å². The largest absolute Gasteiger partial charge is 0.351 e. The fourth-order valence-corrected chi connectivity index (χ4v) is 1.74. The topological polar surface area (TPSA) is 58.4 Å². The molecule has 16 heavy (non-hydrogen) atoms. The predicted molar refractivity (Wildman–Crippen MR) is 61.9 cm³/mol. The molecule has 1 aliphatic heterocycles. The fraction of sp³-hybridized carbons (Fsp3) is 0.600. The van der Waals surface area contributed by atoms with Crippen LogP contribution in [0.25, 0.3) is 0 Å². The number of aromatic nitrogens is 1. The molecule has 0 aromatic carbocycles. The second-order valence-electron chi connectivity index (χ2n) is 3.94. The minimum absolute atomic E-state index is 0. The molecule has 2 heterocycles. The quantitative estimate of drug-likeness (QED) is 0.797. The van der Waals surface area contributed by atoms with Crippen molar-refractivity contribution in [3.63, 3.8) is 0 Å². The lowest BCUT2D eigenvalue weighted by Gasteiger charge is -2.31. The van der Waals surface area contributed by atoms with Gasteiger partial charge in [0.1, 0.15) is 0 Å². The van der Waals surface area contributed by atoms with Crippen LogP contribution in [0, 0.1) is 6.92 Å². The number of aryl methyl sites for hydroxylation is 1. The molecule has 1 atom stereocenters. The van der Waals surface area contributed by atoms with Gasteiger partial charge in [-0.2, -0.15) is 0 Å². The van der Waals surface area contributed by atoms with Crippen molar-refractivity contribution in [2.24, 2.45) is 0 Å². The average molecular weight is 246 g/mol. The molecule has 6 heteroatoms. The first kappa shape index (κ1) is 13.0. The molecule has 90 valence electrons. The van der Waals surface area contributed by atoms with Crippen molar-refractivity contribution in [1.82, 2.24) is 15.4 Å². The van der Waals surface area contributed by atoms with E-state index in [1.165, 1.54) is 0 Å². The molecular formula is C10H16ClN3O2. The summed E-state index contributed by atoms with van der Waals surface area (Å²) >= 11 is 0. The average Bonchev–Trinajstić information content (AvgIpc) is 2.64. The number of carbonyl (C=O) groups is 1. The van der Waals surface area contributed by atoms with Crippen LogP contribution >= 0.6 is 12.4 Å². The molecule has 0 radical (unpaired) electrons. The van der Waals surface area contributed by atoms with Gasteiger partial charge in [-0.25, -0.2) is 0 Å². The zero-order valence-electron chi connectivity index (χ0n) is 9.40. The fourth-order valence-electron chi connectivity index (χ4n) is 1.74. The van der Waals surface area contributed by atoms with Crippen LogP contribution in [0.15, 0.2) is 10.6 Å². The molecule has 1 aromatic rings. The van der Waals surface area contributed by atoms with Gasteiger partial charge in [0.2, 0.25) is 5.76 Å². The van der Waals surface area contributed by atoms with Gasteiger partial charge in [-0.15, -0.1) is 12.4 Å². The molecule has 1 aromatic heterocycles. The third-order valence-corrected chi connectivity index (χ3v) is 2.49. The van der Waals surface area contributed by atoms with Gasteiger partial charge in [0, 0.05) is 31.7 Å². The SMILES string of the molecule is Cc1cc(C(=O)N2CCN[C@@H](C)C2)on1.Cl. The number of piperazine rings is 1. The van der Waals surface area contributed by atoms with Gasteiger partial charge in [-0.3, -0.25) is 4.79 Å². The lowest BCUT2D eigenvalue weighted by Crippen LogP contribution is -2.51. The Kier molecular flexibility index (Phi) is 4.32. The summed E-state index contributed by atoms with van der Waals surface area (Å²) in [6.45, 7) is 6.15. The maximum absolute atomic E-state index is 11.9. The van der Waals surface area contributed by atoms with Crippen molar-refractivity contribution < 1.29 is 9.32 Å². The third kappa shape index (κ3) is 2.74. The summed E-state index contributed by atoms with van der Waals surface area (Å²) in [4.78, 5) is 13.7.